The molecule has 0 saturated heterocycles. The van der Waals surface area contributed by atoms with Crippen LogP contribution in [-0.4, -0.2) is 9.97 Å². The molecule has 12 aromatic rings. The Morgan fingerprint density at radius 3 is 1.79 bits per heavy atom. The molecule has 0 amide bonds. The lowest BCUT2D eigenvalue weighted by Gasteiger charge is -2.15. The molecule has 2 heterocycles. The van der Waals surface area contributed by atoms with Gasteiger partial charge in [0.25, 0.3) is 0 Å². The monoisotopic (exact) mass is 776 g/mol. The third kappa shape index (κ3) is 5.98. The topological polar surface area (TPSA) is 38.9 Å². The first-order chi connectivity index (χ1) is 30.2. The molecule has 0 bridgehead atoms. The zero-order valence-electron chi connectivity index (χ0n) is 33.1. The molecule has 284 valence electrons. The van der Waals surface area contributed by atoms with Gasteiger partial charge in [0.2, 0.25) is 0 Å². The van der Waals surface area contributed by atoms with Crippen molar-refractivity contribution in [2.24, 2.45) is 0 Å². The van der Waals surface area contributed by atoms with E-state index in [1.54, 1.807) is 0 Å². The Labute approximate surface area is 352 Å². The summed E-state index contributed by atoms with van der Waals surface area (Å²) in [5.74, 6) is 0.667. The molecule has 0 spiro atoms. The highest BCUT2D eigenvalue weighted by atomic mass is 16.3. The lowest BCUT2D eigenvalue weighted by atomic mass is 9.89. The number of fused-ring (bicyclic) bond motifs is 7. The van der Waals surface area contributed by atoms with Crippen molar-refractivity contribution in [1.29, 1.82) is 0 Å². The largest absolute Gasteiger partial charge is 0.455 e. The minimum absolute atomic E-state index is 0.667. The van der Waals surface area contributed by atoms with E-state index in [0.717, 1.165) is 77.8 Å². The standard InChI is InChI=1S/C58H36N2O/c1-2-14-37(15-3-1)44-20-8-9-23-48(44)54-36-53(43-19-12-18-41(34-43)47-25-13-26-51-49-24-10-11-27-55(49)61-57(47)51)59-58(60-54)40-30-28-39(29-31-40)56-46-22-7-5-17-42(46)35-52-45-21-6-4-16-38(45)32-33-50(52)56/h1-36H. The summed E-state index contributed by atoms with van der Waals surface area (Å²) in [4.78, 5) is 10.7. The predicted octanol–water partition coefficient (Wildman–Crippen LogP) is 15.8. The van der Waals surface area contributed by atoms with Crippen molar-refractivity contribution in [3.8, 4) is 67.3 Å². The second kappa shape index (κ2) is 14.3. The van der Waals surface area contributed by atoms with Crippen LogP contribution in [-0.2, 0) is 0 Å². The van der Waals surface area contributed by atoms with Crippen molar-refractivity contribution in [1.82, 2.24) is 9.97 Å². The minimum Gasteiger partial charge on any atom is -0.455 e. The van der Waals surface area contributed by atoms with Crippen LogP contribution in [0, 0.1) is 0 Å². The van der Waals surface area contributed by atoms with Gasteiger partial charge in [0.15, 0.2) is 5.82 Å². The number of rotatable bonds is 6. The number of hydrogen-bond acceptors (Lipinski definition) is 3. The third-order valence-corrected chi connectivity index (χ3v) is 12.1. The normalized spacial score (nSPS) is 11.6. The fraction of sp³-hybridized carbons (Fsp3) is 0. The summed E-state index contributed by atoms with van der Waals surface area (Å²) in [5.41, 5.74) is 13.2. The molecule has 0 unspecified atom stereocenters. The quantitative estimate of drug-likeness (QED) is 0.125. The third-order valence-electron chi connectivity index (χ3n) is 12.1. The van der Waals surface area contributed by atoms with Gasteiger partial charge in [-0.3, -0.25) is 0 Å². The van der Waals surface area contributed by atoms with E-state index in [-0.39, 0.29) is 0 Å². The summed E-state index contributed by atoms with van der Waals surface area (Å²) in [6, 6.07) is 77.5. The number of aromatic nitrogens is 2. The van der Waals surface area contributed by atoms with Gasteiger partial charge in [-0.1, -0.05) is 194 Å². The van der Waals surface area contributed by atoms with Gasteiger partial charge in [-0.2, -0.15) is 0 Å². The molecule has 0 aliphatic carbocycles. The van der Waals surface area contributed by atoms with Gasteiger partial charge in [-0.05, 0) is 84.4 Å². The van der Waals surface area contributed by atoms with E-state index in [1.165, 1.54) is 37.9 Å². The van der Waals surface area contributed by atoms with Gasteiger partial charge < -0.3 is 4.42 Å². The van der Waals surface area contributed by atoms with Crippen molar-refractivity contribution < 1.29 is 4.42 Å². The molecular formula is C58H36N2O. The minimum atomic E-state index is 0.667. The van der Waals surface area contributed by atoms with E-state index in [2.05, 4.69) is 206 Å². The lowest BCUT2D eigenvalue weighted by Crippen LogP contribution is -1.97. The molecule has 0 atom stereocenters. The second-order valence-corrected chi connectivity index (χ2v) is 15.7. The van der Waals surface area contributed by atoms with Crippen LogP contribution in [0.5, 0.6) is 0 Å². The SMILES string of the molecule is c1ccc(-c2ccccc2-c2cc(-c3cccc(-c4cccc5c4oc4ccccc45)c3)nc(-c3ccc(-c4c5ccccc5cc5c4ccc4ccccc45)cc3)n2)cc1. The molecular weight excluding hydrogens is 741 g/mol. The van der Waals surface area contributed by atoms with E-state index in [1.807, 2.05) is 12.1 Å². The van der Waals surface area contributed by atoms with Crippen LogP contribution < -0.4 is 0 Å². The summed E-state index contributed by atoms with van der Waals surface area (Å²) in [6.45, 7) is 0. The Bertz CT molecular complexity index is 3640. The summed E-state index contributed by atoms with van der Waals surface area (Å²) < 4.78 is 6.47. The number of furan rings is 1. The Balaban J connectivity index is 1.02. The van der Waals surface area contributed by atoms with Crippen molar-refractivity contribution in [3.05, 3.63) is 218 Å². The van der Waals surface area contributed by atoms with Gasteiger partial charge in [-0.15, -0.1) is 0 Å². The van der Waals surface area contributed by atoms with Crippen molar-refractivity contribution >= 4 is 54.3 Å². The summed E-state index contributed by atoms with van der Waals surface area (Å²) in [5, 5.41) is 9.67. The molecule has 3 heteroatoms. The number of nitrogens with zero attached hydrogens (tertiary/aromatic N) is 2. The van der Waals surface area contributed by atoms with Crippen LogP contribution in [0.1, 0.15) is 0 Å². The fourth-order valence-electron chi connectivity index (χ4n) is 9.18. The van der Waals surface area contributed by atoms with Gasteiger partial charge in [0.1, 0.15) is 11.2 Å². The molecule has 0 aliphatic heterocycles. The first-order valence-corrected chi connectivity index (χ1v) is 20.7. The molecule has 61 heavy (non-hydrogen) atoms. The van der Waals surface area contributed by atoms with Crippen LogP contribution >= 0.6 is 0 Å². The Kier molecular flexibility index (Phi) is 8.17. The Morgan fingerprint density at radius 2 is 0.918 bits per heavy atom. The number of benzene rings is 10. The van der Waals surface area contributed by atoms with E-state index < -0.39 is 0 Å². The lowest BCUT2D eigenvalue weighted by molar-refractivity contribution is 0.670. The molecule has 10 aromatic carbocycles. The van der Waals surface area contributed by atoms with E-state index in [0.29, 0.717) is 5.82 Å². The molecule has 2 aromatic heterocycles. The first kappa shape index (κ1) is 34.9. The zero-order valence-corrected chi connectivity index (χ0v) is 33.1. The number of para-hydroxylation sites is 2. The van der Waals surface area contributed by atoms with Crippen LogP contribution in [0.15, 0.2) is 223 Å². The summed E-state index contributed by atoms with van der Waals surface area (Å²) in [7, 11) is 0. The summed E-state index contributed by atoms with van der Waals surface area (Å²) >= 11 is 0. The van der Waals surface area contributed by atoms with Crippen LogP contribution in [0.2, 0.25) is 0 Å². The van der Waals surface area contributed by atoms with Crippen molar-refractivity contribution in [2.45, 2.75) is 0 Å². The predicted molar refractivity (Wildman–Crippen MR) is 254 cm³/mol. The maximum Gasteiger partial charge on any atom is 0.160 e. The van der Waals surface area contributed by atoms with Crippen LogP contribution in [0.3, 0.4) is 0 Å². The summed E-state index contributed by atoms with van der Waals surface area (Å²) in [6.07, 6.45) is 0. The highest BCUT2D eigenvalue weighted by Gasteiger charge is 2.18. The van der Waals surface area contributed by atoms with Crippen LogP contribution in [0.4, 0.5) is 0 Å². The first-order valence-electron chi connectivity index (χ1n) is 20.7. The Hall–Kier alpha value is -8.14. The second-order valence-electron chi connectivity index (χ2n) is 15.7. The highest BCUT2D eigenvalue weighted by Crippen LogP contribution is 2.41. The molecule has 0 aliphatic rings. The van der Waals surface area contributed by atoms with Crippen LogP contribution in [0.25, 0.3) is 122 Å². The van der Waals surface area contributed by atoms with E-state index in [9.17, 15) is 0 Å². The molecule has 0 radical (unpaired) electrons. The molecule has 3 nitrogen and oxygen atoms in total. The van der Waals surface area contributed by atoms with Gasteiger partial charge in [0, 0.05) is 33.0 Å². The fourth-order valence-corrected chi connectivity index (χ4v) is 9.18. The number of hydrogen-bond donors (Lipinski definition) is 0. The van der Waals surface area contributed by atoms with Crippen molar-refractivity contribution in [3.63, 3.8) is 0 Å². The van der Waals surface area contributed by atoms with Gasteiger partial charge in [-0.25, -0.2) is 9.97 Å². The van der Waals surface area contributed by atoms with Gasteiger partial charge >= 0.3 is 0 Å². The van der Waals surface area contributed by atoms with Gasteiger partial charge in [0.05, 0.1) is 11.4 Å². The molecule has 12 rings (SSSR count). The smallest absolute Gasteiger partial charge is 0.160 e. The zero-order chi connectivity index (χ0) is 40.3. The average molecular weight is 777 g/mol. The maximum atomic E-state index is 6.47. The molecule has 0 saturated carbocycles. The molecule has 0 fully saturated rings. The van der Waals surface area contributed by atoms with E-state index >= 15 is 0 Å². The van der Waals surface area contributed by atoms with E-state index in [4.69, 9.17) is 14.4 Å². The van der Waals surface area contributed by atoms with Crippen molar-refractivity contribution in [2.75, 3.05) is 0 Å². The maximum absolute atomic E-state index is 6.47. The average Bonchev–Trinajstić information content (AvgIpc) is 3.72. The molecule has 0 N–H and O–H groups in total. The highest BCUT2D eigenvalue weighted by molar-refractivity contribution is 6.20. The Morgan fingerprint density at radius 1 is 0.295 bits per heavy atom.